The maximum atomic E-state index is 12.2. The molecule has 1 N–H and O–H groups in total. The molecule has 98 valence electrons. The van der Waals surface area contributed by atoms with Crippen molar-refractivity contribution >= 4 is 5.91 Å². The summed E-state index contributed by atoms with van der Waals surface area (Å²) in [5.41, 5.74) is 0. The SMILES string of the molecule is CN(C)C(=O)C1CCCCN1C1CCNCC1. The molecule has 0 aliphatic carbocycles. The molecule has 4 heteroatoms. The van der Waals surface area contributed by atoms with Crippen molar-refractivity contribution in [3.63, 3.8) is 0 Å². The zero-order valence-electron chi connectivity index (χ0n) is 11.1. The number of carbonyl (C=O) groups excluding carboxylic acids is 1. The van der Waals surface area contributed by atoms with Crippen LogP contribution in [0.3, 0.4) is 0 Å². The van der Waals surface area contributed by atoms with Gasteiger partial charge in [-0.1, -0.05) is 6.42 Å². The van der Waals surface area contributed by atoms with Crippen molar-refractivity contribution in [2.24, 2.45) is 0 Å². The summed E-state index contributed by atoms with van der Waals surface area (Å²) in [6, 6.07) is 0.757. The van der Waals surface area contributed by atoms with Crippen molar-refractivity contribution < 1.29 is 4.79 Å². The van der Waals surface area contributed by atoms with E-state index in [1.807, 2.05) is 14.1 Å². The Morgan fingerprint density at radius 3 is 2.53 bits per heavy atom. The predicted octanol–water partition coefficient (Wildman–Crippen LogP) is 0.681. The first-order valence-corrected chi connectivity index (χ1v) is 6.88. The molecule has 1 amide bonds. The fourth-order valence-electron chi connectivity index (χ4n) is 3.09. The molecule has 2 saturated heterocycles. The van der Waals surface area contributed by atoms with Crippen LogP contribution in [0, 0.1) is 0 Å². The minimum Gasteiger partial charge on any atom is -0.347 e. The van der Waals surface area contributed by atoms with Crippen LogP contribution in [0.4, 0.5) is 0 Å². The molecule has 1 unspecified atom stereocenters. The predicted molar refractivity (Wildman–Crippen MR) is 68.9 cm³/mol. The molecular weight excluding hydrogens is 214 g/mol. The number of hydrogen-bond donors (Lipinski definition) is 1. The number of piperidine rings is 2. The highest BCUT2D eigenvalue weighted by Crippen LogP contribution is 2.24. The summed E-state index contributed by atoms with van der Waals surface area (Å²) in [4.78, 5) is 16.5. The highest BCUT2D eigenvalue weighted by molar-refractivity contribution is 5.81. The van der Waals surface area contributed by atoms with Gasteiger partial charge in [-0.25, -0.2) is 0 Å². The van der Waals surface area contributed by atoms with Gasteiger partial charge < -0.3 is 10.2 Å². The van der Waals surface area contributed by atoms with E-state index in [9.17, 15) is 4.79 Å². The van der Waals surface area contributed by atoms with Gasteiger partial charge in [0.15, 0.2) is 0 Å². The van der Waals surface area contributed by atoms with Crippen molar-refractivity contribution in [1.29, 1.82) is 0 Å². The van der Waals surface area contributed by atoms with Crippen molar-refractivity contribution in [3.05, 3.63) is 0 Å². The van der Waals surface area contributed by atoms with Crippen molar-refractivity contribution in [3.8, 4) is 0 Å². The first kappa shape index (κ1) is 12.8. The summed E-state index contributed by atoms with van der Waals surface area (Å²) in [5.74, 6) is 0.295. The molecule has 2 heterocycles. The summed E-state index contributed by atoms with van der Waals surface area (Å²) < 4.78 is 0. The number of likely N-dealkylation sites (tertiary alicyclic amines) is 1. The molecule has 0 aromatic heterocycles. The Bertz CT molecular complexity index is 261. The number of amides is 1. The van der Waals surface area contributed by atoms with E-state index in [4.69, 9.17) is 0 Å². The van der Waals surface area contributed by atoms with Gasteiger partial charge in [0.1, 0.15) is 0 Å². The monoisotopic (exact) mass is 239 g/mol. The van der Waals surface area contributed by atoms with E-state index in [-0.39, 0.29) is 6.04 Å². The Morgan fingerprint density at radius 2 is 1.88 bits per heavy atom. The molecule has 2 aliphatic rings. The van der Waals surface area contributed by atoms with Gasteiger partial charge in [-0.2, -0.15) is 0 Å². The first-order chi connectivity index (χ1) is 8.20. The molecule has 1 atom stereocenters. The number of likely N-dealkylation sites (N-methyl/N-ethyl adjacent to an activating group) is 1. The molecule has 4 nitrogen and oxygen atoms in total. The van der Waals surface area contributed by atoms with E-state index in [1.54, 1.807) is 4.90 Å². The van der Waals surface area contributed by atoms with Gasteiger partial charge >= 0.3 is 0 Å². The van der Waals surface area contributed by atoms with E-state index in [2.05, 4.69) is 10.2 Å². The molecule has 2 fully saturated rings. The lowest BCUT2D eigenvalue weighted by atomic mass is 9.95. The van der Waals surface area contributed by atoms with Gasteiger partial charge in [0.2, 0.25) is 5.91 Å². The molecule has 2 aliphatic heterocycles. The van der Waals surface area contributed by atoms with Gasteiger partial charge in [-0.3, -0.25) is 9.69 Å². The van der Waals surface area contributed by atoms with Crippen LogP contribution in [0.5, 0.6) is 0 Å². The molecule has 2 rings (SSSR count). The zero-order valence-corrected chi connectivity index (χ0v) is 11.1. The maximum absolute atomic E-state index is 12.2. The molecule has 0 radical (unpaired) electrons. The summed E-state index contributed by atoms with van der Waals surface area (Å²) in [6.07, 6.45) is 5.88. The van der Waals surface area contributed by atoms with Gasteiger partial charge in [0.05, 0.1) is 6.04 Å². The van der Waals surface area contributed by atoms with Gasteiger partial charge in [0.25, 0.3) is 0 Å². The Labute approximate surface area is 104 Å². The third kappa shape index (κ3) is 2.99. The summed E-state index contributed by atoms with van der Waals surface area (Å²) >= 11 is 0. The van der Waals surface area contributed by atoms with Gasteiger partial charge in [-0.05, 0) is 45.3 Å². The first-order valence-electron chi connectivity index (χ1n) is 6.88. The standard InChI is InChI=1S/C13H25N3O/c1-15(2)13(17)12-5-3-4-10-16(12)11-6-8-14-9-7-11/h11-12,14H,3-10H2,1-2H3. The fraction of sp³-hybridized carbons (Fsp3) is 0.923. The average Bonchev–Trinajstić information content (AvgIpc) is 2.39. The highest BCUT2D eigenvalue weighted by atomic mass is 16.2. The summed E-state index contributed by atoms with van der Waals surface area (Å²) in [6.45, 7) is 3.31. The topological polar surface area (TPSA) is 35.6 Å². The molecule has 0 spiro atoms. The van der Waals surface area contributed by atoms with Crippen molar-refractivity contribution in [1.82, 2.24) is 15.1 Å². The Morgan fingerprint density at radius 1 is 1.18 bits per heavy atom. The number of rotatable bonds is 2. The second kappa shape index (κ2) is 5.83. The van der Waals surface area contributed by atoms with Crippen LogP contribution in [0.1, 0.15) is 32.1 Å². The molecule has 0 aromatic carbocycles. The second-order valence-corrected chi connectivity index (χ2v) is 5.46. The average molecular weight is 239 g/mol. The lowest BCUT2D eigenvalue weighted by Gasteiger charge is -2.42. The van der Waals surface area contributed by atoms with Crippen LogP contribution in [0.2, 0.25) is 0 Å². The molecule has 0 aromatic rings. The lowest BCUT2D eigenvalue weighted by Crippen LogP contribution is -2.55. The van der Waals surface area contributed by atoms with Gasteiger partial charge in [-0.15, -0.1) is 0 Å². The summed E-state index contributed by atoms with van der Waals surface area (Å²) in [5, 5.41) is 3.40. The minimum absolute atomic E-state index is 0.141. The van der Waals surface area contributed by atoms with Crippen LogP contribution < -0.4 is 5.32 Å². The second-order valence-electron chi connectivity index (χ2n) is 5.46. The normalized spacial score (nSPS) is 28.0. The zero-order chi connectivity index (χ0) is 12.3. The van der Waals surface area contributed by atoms with E-state index in [1.165, 1.54) is 25.7 Å². The number of nitrogens with zero attached hydrogens (tertiary/aromatic N) is 2. The van der Waals surface area contributed by atoms with E-state index >= 15 is 0 Å². The van der Waals surface area contributed by atoms with Gasteiger partial charge in [0, 0.05) is 20.1 Å². The summed E-state index contributed by atoms with van der Waals surface area (Å²) in [7, 11) is 3.75. The highest BCUT2D eigenvalue weighted by Gasteiger charge is 2.34. The number of hydrogen-bond acceptors (Lipinski definition) is 3. The third-order valence-corrected chi connectivity index (χ3v) is 4.05. The maximum Gasteiger partial charge on any atom is 0.239 e. The number of nitrogens with one attached hydrogen (secondary N) is 1. The Hall–Kier alpha value is -0.610. The van der Waals surface area contributed by atoms with E-state index < -0.39 is 0 Å². The molecule has 0 saturated carbocycles. The Kier molecular flexibility index (Phi) is 4.40. The van der Waals surface area contributed by atoms with E-state index in [0.717, 1.165) is 26.1 Å². The minimum atomic E-state index is 0.141. The Balaban J connectivity index is 2.03. The third-order valence-electron chi connectivity index (χ3n) is 4.05. The van der Waals surface area contributed by atoms with Crippen molar-refractivity contribution in [2.75, 3.05) is 33.7 Å². The molecule has 0 bridgehead atoms. The van der Waals surface area contributed by atoms with Crippen molar-refractivity contribution in [2.45, 2.75) is 44.2 Å². The van der Waals surface area contributed by atoms with Crippen LogP contribution in [-0.2, 0) is 4.79 Å². The van der Waals surface area contributed by atoms with Crippen LogP contribution >= 0.6 is 0 Å². The fourth-order valence-corrected chi connectivity index (χ4v) is 3.09. The quantitative estimate of drug-likeness (QED) is 0.770. The lowest BCUT2D eigenvalue weighted by molar-refractivity contribution is -0.137. The van der Waals surface area contributed by atoms with Crippen LogP contribution in [-0.4, -0.2) is 61.5 Å². The largest absolute Gasteiger partial charge is 0.347 e. The molecule has 17 heavy (non-hydrogen) atoms. The number of carbonyl (C=O) groups is 1. The van der Waals surface area contributed by atoms with Crippen LogP contribution in [0.15, 0.2) is 0 Å². The smallest absolute Gasteiger partial charge is 0.239 e. The molecular formula is C13H25N3O. The van der Waals surface area contributed by atoms with Crippen LogP contribution in [0.25, 0.3) is 0 Å². The van der Waals surface area contributed by atoms with E-state index in [0.29, 0.717) is 11.9 Å².